The molecule has 2 heterocycles. The van der Waals surface area contributed by atoms with Crippen molar-refractivity contribution in [3.05, 3.63) is 93.8 Å². The first kappa shape index (κ1) is 24.1. The van der Waals surface area contributed by atoms with Crippen molar-refractivity contribution in [2.24, 2.45) is 0 Å². The van der Waals surface area contributed by atoms with Crippen LogP contribution in [0.5, 0.6) is 0 Å². The van der Waals surface area contributed by atoms with Gasteiger partial charge in [-0.2, -0.15) is 0 Å². The molecule has 1 aliphatic heterocycles. The average Bonchev–Trinajstić information content (AvgIpc) is 2.89. The third kappa shape index (κ3) is 4.88. The fourth-order valence-electron chi connectivity index (χ4n) is 4.56. The molecule has 0 bridgehead atoms. The maximum atomic E-state index is 13.5. The smallest absolute Gasteiger partial charge is 0.266 e. The van der Waals surface area contributed by atoms with Gasteiger partial charge in [-0.15, -0.1) is 0 Å². The Hall–Kier alpha value is -3.58. The number of para-hydroxylation sites is 1. The molecule has 0 aliphatic carbocycles. The second-order valence-corrected chi connectivity index (χ2v) is 10.3. The lowest BCUT2D eigenvalue weighted by Crippen LogP contribution is -2.49. The summed E-state index contributed by atoms with van der Waals surface area (Å²) in [5, 5.41) is 1.10. The predicted octanol–water partition coefficient (Wildman–Crippen LogP) is 4.75. The Morgan fingerprint density at radius 3 is 2.39 bits per heavy atom. The molecule has 1 aromatic heterocycles. The van der Waals surface area contributed by atoms with Gasteiger partial charge in [-0.25, -0.2) is 4.98 Å². The maximum Gasteiger partial charge on any atom is 0.266 e. The van der Waals surface area contributed by atoms with Gasteiger partial charge in [-0.05, 0) is 73.9 Å². The molecule has 1 amide bonds. The van der Waals surface area contributed by atoms with Gasteiger partial charge in [0.05, 0.1) is 22.3 Å². The van der Waals surface area contributed by atoms with E-state index in [1.807, 2.05) is 55.1 Å². The Kier molecular flexibility index (Phi) is 6.83. The Morgan fingerprint density at radius 1 is 0.861 bits per heavy atom. The topological polar surface area (TPSA) is 58.4 Å². The molecule has 36 heavy (non-hydrogen) atoms. The largest absolute Gasteiger partial charge is 0.368 e. The molecule has 5 rings (SSSR count). The molecule has 0 atom stereocenters. The number of piperazine rings is 1. The number of nitrogens with zero attached hydrogens (tertiary/aromatic N) is 4. The molecule has 1 aliphatic rings. The molecular weight excluding hydrogens is 468 g/mol. The molecule has 0 saturated carbocycles. The lowest BCUT2D eigenvalue weighted by atomic mass is 10.1. The highest BCUT2D eigenvalue weighted by Gasteiger charge is 2.23. The van der Waals surface area contributed by atoms with Gasteiger partial charge >= 0.3 is 0 Å². The van der Waals surface area contributed by atoms with E-state index in [9.17, 15) is 9.59 Å². The van der Waals surface area contributed by atoms with E-state index < -0.39 is 0 Å². The van der Waals surface area contributed by atoms with Crippen molar-refractivity contribution in [3.8, 4) is 5.69 Å². The third-order valence-corrected chi connectivity index (χ3v) is 7.74. The Morgan fingerprint density at radius 2 is 1.64 bits per heavy atom. The second kappa shape index (κ2) is 10.2. The fourth-order valence-corrected chi connectivity index (χ4v) is 5.47. The van der Waals surface area contributed by atoms with Gasteiger partial charge in [-0.3, -0.25) is 14.2 Å². The minimum absolute atomic E-state index is 0.0675. The van der Waals surface area contributed by atoms with Crippen LogP contribution in [0.1, 0.15) is 16.7 Å². The lowest BCUT2D eigenvalue weighted by molar-refractivity contribution is -0.128. The van der Waals surface area contributed by atoms with Gasteiger partial charge in [0.25, 0.3) is 5.56 Å². The number of carbonyl (C=O) groups is 1. The van der Waals surface area contributed by atoms with E-state index >= 15 is 0 Å². The van der Waals surface area contributed by atoms with E-state index in [1.165, 1.54) is 23.0 Å². The molecule has 0 radical (unpaired) electrons. The summed E-state index contributed by atoms with van der Waals surface area (Å²) in [5.74, 6) is 0.304. The number of benzene rings is 3. The summed E-state index contributed by atoms with van der Waals surface area (Å²) in [6.07, 6.45) is 0. The van der Waals surface area contributed by atoms with E-state index in [1.54, 1.807) is 10.6 Å². The van der Waals surface area contributed by atoms with Crippen LogP contribution in [-0.2, 0) is 4.79 Å². The second-order valence-electron chi connectivity index (χ2n) is 9.32. The van der Waals surface area contributed by atoms with E-state index in [-0.39, 0.29) is 17.2 Å². The SMILES string of the molecule is Cc1cccc(N2CCN(C(=O)CSc3nc4ccccc4c(=O)n3-c3ccc(C)c(C)c3)CC2)c1. The minimum Gasteiger partial charge on any atom is -0.368 e. The Bertz CT molecular complexity index is 1490. The average molecular weight is 499 g/mol. The van der Waals surface area contributed by atoms with E-state index in [4.69, 9.17) is 4.98 Å². The first-order valence-electron chi connectivity index (χ1n) is 12.2. The van der Waals surface area contributed by atoms with Crippen molar-refractivity contribution in [3.63, 3.8) is 0 Å². The quantitative estimate of drug-likeness (QED) is 0.294. The Labute approximate surface area is 215 Å². The van der Waals surface area contributed by atoms with E-state index in [0.29, 0.717) is 29.1 Å². The number of hydrogen-bond donors (Lipinski definition) is 0. The van der Waals surface area contributed by atoms with Gasteiger partial charge in [-0.1, -0.05) is 42.1 Å². The number of rotatable bonds is 5. The molecule has 0 spiro atoms. The van der Waals surface area contributed by atoms with Gasteiger partial charge in [0.15, 0.2) is 5.16 Å². The highest BCUT2D eigenvalue weighted by Crippen LogP contribution is 2.24. The number of fused-ring (bicyclic) bond motifs is 1. The number of anilines is 1. The van der Waals surface area contributed by atoms with Crippen LogP contribution in [0.25, 0.3) is 16.6 Å². The van der Waals surface area contributed by atoms with Crippen LogP contribution < -0.4 is 10.5 Å². The molecule has 1 saturated heterocycles. The summed E-state index contributed by atoms with van der Waals surface area (Å²) in [6.45, 7) is 9.16. The zero-order valence-corrected chi connectivity index (χ0v) is 21.7. The number of thioether (sulfide) groups is 1. The molecule has 1 fully saturated rings. The number of hydrogen-bond acceptors (Lipinski definition) is 5. The summed E-state index contributed by atoms with van der Waals surface area (Å²) in [4.78, 5) is 35.7. The lowest BCUT2D eigenvalue weighted by Gasteiger charge is -2.36. The van der Waals surface area contributed by atoms with Crippen LogP contribution in [0.4, 0.5) is 5.69 Å². The van der Waals surface area contributed by atoms with Gasteiger partial charge in [0.1, 0.15) is 0 Å². The summed E-state index contributed by atoms with van der Waals surface area (Å²) in [7, 11) is 0. The summed E-state index contributed by atoms with van der Waals surface area (Å²) in [5.41, 5.74) is 5.99. The van der Waals surface area contributed by atoms with Crippen molar-refractivity contribution in [1.82, 2.24) is 14.5 Å². The van der Waals surface area contributed by atoms with Crippen molar-refractivity contribution < 1.29 is 4.79 Å². The summed E-state index contributed by atoms with van der Waals surface area (Å²) in [6, 6.07) is 21.8. The van der Waals surface area contributed by atoms with Gasteiger partial charge in [0.2, 0.25) is 5.91 Å². The van der Waals surface area contributed by atoms with Crippen molar-refractivity contribution in [2.45, 2.75) is 25.9 Å². The van der Waals surface area contributed by atoms with Crippen LogP contribution in [-0.4, -0.2) is 52.3 Å². The predicted molar refractivity (Wildman–Crippen MR) is 148 cm³/mol. The van der Waals surface area contributed by atoms with Crippen LogP contribution in [0.15, 0.2) is 76.7 Å². The zero-order valence-electron chi connectivity index (χ0n) is 20.9. The maximum absolute atomic E-state index is 13.5. The highest BCUT2D eigenvalue weighted by molar-refractivity contribution is 7.99. The normalized spacial score (nSPS) is 13.9. The van der Waals surface area contributed by atoms with Crippen molar-refractivity contribution in [2.75, 3.05) is 36.8 Å². The molecule has 3 aromatic carbocycles. The third-order valence-electron chi connectivity index (χ3n) is 6.82. The van der Waals surface area contributed by atoms with Crippen LogP contribution in [0, 0.1) is 20.8 Å². The van der Waals surface area contributed by atoms with E-state index in [2.05, 4.69) is 36.1 Å². The highest BCUT2D eigenvalue weighted by atomic mass is 32.2. The molecule has 0 unspecified atom stereocenters. The van der Waals surface area contributed by atoms with Gasteiger partial charge < -0.3 is 9.80 Å². The van der Waals surface area contributed by atoms with Crippen molar-refractivity contribution >= 4 is 34.3 Å². The molecule has 6 nitrogen and oxygen atoms in total. The number of carbonyl (C=O) groups excluding carboxylic acids is 1. The molecular formula is C29H30N4O2S. The van der Waals surface area contributed by atoms with E-state index in [0.717, 1.165) is 29.9 Å². The Balaban J connectivity index is 1.35. The van der Waals surface area contributed by atoms with Crippen LogP contribution >= 0.6 is 11.8 Å². The summed E-state index contributed by atoms with van der Waals surface area (Å²) >= 11 is 1.33. The standard InChI is InChI=1S/C29H30N4O2S/c1-20-7-6-8-23(17-20)31-13-15-32(16-14-31)27(34)19-36-29-30-26-10-5-4-9-25(26)28(35)33(29)24-12-11-21(2)22(3)18-24/h4-12,17-18H,13-16,19H2,1-3H3. The van der Waals surface area contributed by atoms with Crippen LogP contribution in [0.2, 0.25) is 0 Å². The molecule has 4 aromatic rings. The first-order chi connectivity index (χ1) is 17.4. The monoisotopic (exact) mass is 498 g/mol. The van der Waals surface area contributed by atoms with Crippen molar-refractivity contribution in [1.29, 1.82) is 0 Å². The number of aryl methyl sites for hydroxylation is 3. The minimum atomic E-state index is -0.120. The fraction of sp³-hybridized carbons (Fsp3) is 0.276. The number of amides is 1. The first-order valence-corrected chi connectivity index (χ1v) is 13.2. The summed E-state index contributed by atoms with van der Waals surface area (Å²) < 4.78 is 1.64. The van der Waals surface area contributed by atoms with Crippen LogP contribution in [0.3, 0.4) is 0 Å². The number of aromatic nitrogens is 2. The molecule has 0 N–H and O–H groups in total. The van der Waals surface area contributed by atoms with Gasteiger partial charge in [0, 0.05) is 31.9 Å². The zero-order chi connectivity index (χ0) is 25.2. The molecule has 184 valence electrons. The molecule has 7 heteroatoms.